The molecule has 1 atom stereocenters. The zero-order chi connectivity index (χ0) is 15.3. The van der Waals surface area contributed by atoms with Crippen molar-refractivity contribution < 1.29 is 15.0 Å². The predicted octanol–water partition coefficient (Wildman–Crippen LogP) is 2.57. The van der Waals surface area contributed by atoms with Crippen LogP contribution in [0.25, 0.3) is 0 Å². The van der Waals surface area contributed by atoms with E-state index in [1.165, 1.54) is 0 Å². The fourth-order valence-corrected chi connectivity index (χ4v) is 3.08. The number of hydrogen-bond acceptors (Lipinski definition) is 3. The highest BCUT2D eigenvalue weighted by atomic mass is 35.5. The van der Waals surface area contributed by atoms with Gasteiger partial charge in [-0.2, -0.15) is 0 Å². The van der Waals surface area contributed by atoms with E-state index in [-0.39, 0.29) is 18.9 Å². The molecular weight excluding hydrogens is 290 g/mol. The SMILES string of the molecule is O=C(CC1(O)CCCCC1)NCC(O)c1ccccc1Cl. The van der Waals surface area contributed by atoms with E-state index < -0.39 is 11.7 Å². The predicted molar refractivity (Wildman–Crippen MR) is 82.1 cm³/mol. The Morgan fingerprint density at radius 1 is 1.29 bits per heavy atom. The lowest BCUT2D eigenvalue weighted by molar-refractivity contribution is -0.127. The summed E-state index contributed by atoms with van der Waals surface area (Å²) in [5, 5.41) is 23.5. The minimum absolute atomic E-state index is 0.0959. The average Bonchev–Trinajstić information content (AvgIpc) is 2.45. The van der Waals surface area contributed by atoms with E-state index in [1.807, 2.05) is 0 Å². The topological polar surface area (TPSA) is 69.6 Å². The molecule has 1 amide bonds. The number of halogens is 1. The van der Waals surface area contributed by atoms with Gasteiger partial charge in [0.2, 0.25) is 5.91 Å². The van der Waals surface area contributed by atoms with Gasteiger partial charge in [0, 0.05) is 17.1 Å². The molecule has 2 rings (SSSR count). The summed E-state index contributed by atoms with van der Waals surface area (Å²) in [5.74, 6) is -0.231. The van der Waals surface area contributed by atoms with Gasteiger partial charge in [-0.25, -0.2) is 0 Å². The van der Waals surface area contributed by atoms with Crippen molar-refractivity contribution in [2.24, 2.45) is 0 Å². The molecule has 1 saturated carbocycles. The number of amides is 1. The molecule has 1 unspecified atom stereocenters. The minimum atomic E-state index is -0.877. The molecule has 1 aromatic carbocycles. The molecule has 116 valence electrons. The van der Waals surface area contributed by atoms with Crippen molar-refractivity contribution in [3.63, 3.8) is 0 Å². The number of hydrogen-bond donors (Lipinski definition) is 3. The molecule has 1 aliphatic carbocycles. The first-order valence-corrected chi connectivity index (χ1v) is 7.79. The molecule has 1 fully saturated rings. The molecule has 5 heteroatoms. The van der Waals surface area contributed by atoms with Crippen LogP contribution in [0.3, 0.4) is 0 Å². The van der Waals surface area contributed by atoms with Crippen LogP contribution in [0.4, 0.5) is 0 Å². The molecule has 4 nitrogen and oxygen atoms in total. The Morgan fingerprint density at radius 2 is 1.95 bits per heavy atom. The zero-order valence-electron chi connectivity index (χ0n) is 12.0. The molecule has 21 heavy (non-hydrogen) atoms. The van der Waals surface area contributed by atoms with Gasteiger partial charge in [0.05, 0.1) is 18.1 Å². The van der Waals surface area contributed by atoms with Gasteiger partial charge in [0.1, 0.15) is 0 Å². The molecule has 1 aromatic rings. The van der Waals surface area contributed by atoms with Crippen LogP contribution in [0.15, 0.2) is 24.3 Å². The molecule has 3 N–H and O–H groups in total. The third-order valence-corrected chi connectivity index (χ3v) is 4.37. The highest BCUT2D eigenvalue weighted by Gasteiger charge is 2.31. The summed E-state index contributed by atoms with van der Waals surface area (Å²) in [6.45, 7) is 0.0959. The average molecular weight is 312 g/mol. The van der Waals surface area contributed by atoms with Crippen molar-refractivity contribution >= 4 is 17.5 Å². The lowest BCUT2D eigenvalue weighted by Gasteiger charge is -2.31. The van der Waals surface area contributed by atoms with Crippen molar-refractivity contribution in [1.29, 1.82) is 0 Å². The summed E-state index contributed by atoms with van der Waals surface area (Å²) in [7, 11) is 0. The number of carbonyl (C=O) groups is 1. The van der Waals surface area contributed by atoms with E-state index in [0.29, 0.717) is 23.4 Å². The fraction of sp³-hybridized carbons (Fsp3) is 0.562. The second-order valence-corrected chi connectivity index (χ2v) is 6.21. The van der Waals surface area contributed by atoms with Gasteiger partial charge >= 0.3 is 0 Å². The van der Waals surface area contributed by atoms with Gasteiger partial charge < -0.3 is 15.5 Å². The summed E-state index contributed by atoms with van der Waals surface area (Å²) in [6, 6.07) is 7.01. The number of aliphatic hydroxyl groups excluding tert-OH is 1. The van der Waals surface area contributed by atoms with Crippen molar-refractivity contribution in [1.82, 2.24) is 5.32 Å². The number of carbonyl (C=O) groups excluding carboxylic acids is 1. The molecular formula is C16H22ClNO3. The molecule has 0 bridgehead atoms. The zero-order valence-corrected chi connectivity index (χ0v) is 12.8. The van der Waals surface area contributed by atoms with Crippen LogP contribution in [-0.2, 0) is 4.79 Å². The monoisotopic (exact) mass is 311 g/mol. The van der Waals surface area contributed by atoms with Gasteiger partial charge in [0.15, 0.2) is 0 Å². The molecule has 0 aliphatic heterocycles. The highest BCUT2D eigenvalue weighted by Crippen LogP contribution is 2.30. The highest BCUT2D eigenvalue weighted by molar-refractivity contribution is 6.31. The molecule has 0 spiro atoms. The Kier molecular flexibility index (Phi) is 5.62. The first-order chi connectivity index (χ1) is 10.0. The molecule has 0 saturated heterocycles. The van der Waals surface area contributed by atoms with E-state index in [4.69, 9.17) is 11.6 Å². The van der Waals surface area contributed by atoms with E-state index >= 15 is 0 Å². The lowest BCUT2D eigenvalue weighted by atomic mass is 9.82. The van der Waals surface area contributed by atoms with Gasteiger partial charge in [-0.15, -0.1) is 0 Å². The second-order valence-electron chi connectivity index (χ2n) is 5.80. The summed E-state index contributed by atoms with van der Waals surface area (Å²) >= 11 is 6.00. The summed E-state index contributed by atoms with van der Waals surface area (Å²) in [6.07, 6.45) is 3.65. The number of aliphatic hydroxyl groups is 2. The maximum atomic E-state index is 11.9. The minimum Gasteiger partial charge on any atom is -0.389 e. The van der Waals surface area contributed by atoms with Crippen molar-refractivity contribution in [2.75, 3.05) is 6.54 Å². The van der Waals surface area contributed by atoms with Crippen molar-refractivity contribution in [3.8, 4) is 0 Å². The summed E-state index contributed by atoms with van der Waals surface area (Å²) in [4.78, 5) is 11.9. The van der Waals surface area contributed by atoms with Crippen molar-refractivity contribution in [3.05, 3.63) is 34.9 Å². The van der Waals surface area contributed by atoms with E-state index in [1.54, 1.807) is 24.3 Å². The van der Waals surface area contributed by atoms with E-state index in [9.17, 15) is 15.0 Å². The maximum absolute atomic E-state index is 11.9. The first-order valence-electron chi connectivity index (χ1n) is 7.42. The number of nitrogens with one attached hydrogen (secondary N) is 1. The Morgan fingerprint density at radius 3 is 2.62 bits per heavy atom. The van der Waals surface area contributed by atoms with Gasteiger partial charge in [-0.3, -0.25) is 4.79 Å². The fourth-order valence-electron chi connectivity index (χ4n) is 2.81. The standard InChI is InChI=1S/C16H22ClNO3/c17-13-7-3-2-6-12(13)14(19)11-18-15(20)10-16(21)8-4-1-5-9-16/h2-3,6-7,14,19,21H,1,4-5,8-11H2,(H,18,20). The Balaban J connectivity index is 1.82. The van der Waals surface area contributed by atoms with Crippen LogP contribution in [0.1, 0.15) is 50.2 Å². The van der Waals surface area contributed by atoms with Crippen LogP contribution < -0.4 is 5.32 Å². The maximum Gasteiger partial charge on any atom is 0.222 e. The largest absolute Gasteiger partial charge is 0.389 e. The summed E-state index contributed by atoms with van der Waals surface area (Å²) in [5.41, 5.74) is -0.284. The van der Waals surface area contributed by atoms with Gasteiger partial charge in [0.25, 0.3) is 0 Å². The van der Waals surface area contributed by atoms with Crippen LogP contribution >= 0.6 is 11.6 Å². The van der Waals surface area contributed by atoms with Crippen LogP contribution in [-0.4, -0.2) is 28.3 Å². The number of rotatable bonds is 5. The first kappa shape index (κ1) is 16.3. The molecule has 1 aliphatic rings. The molecule has 0 aromatic heterocycles. The molecule has 0 heterocycles. The van der Waals surface area contributed by atoms with Gasteiger partial charge in [-0.05, 0) is 18.9 Å². The quantitative estimate of drug-likeness (QED) is 0.783. The smallest absolute Gasteiger partial charge is 0.222 e. The molecule has 0 radical (unpaired) electrons. The van der Waals surface area contributed by atoms with E-state index in [0.717, 1.165) is 19.3 Å². The second kappa shape index (κ2) is 7.25. The van der Waals surface area contributed by atoms with Crippen LogP contribution in [0.2, 0.25) is 5.02 Å². The third kappa shape index (κ3) is 4.70. The Bertz CT molecular complexity index is 486. The van der Waals surface area contributed by atoms with Crippen LogP contribution in [0.5, 0.6) is 0 Å². The summed E-state index contributed by atoms with van der Waals surface area (Å²) < 4.78 is 0. The lowest BCUT2D eigenvalue weighted by Crippen LogP contribution is -2.39. The number of benzene rings is 1. The Hall–Kier alpha value is -1.10. The third-order valence-electron chi connectivity index (χ3n) is 4.03. The van der Waals surface area contributed by atoms with Crippen LogP contribution in [0, 0.1) is 0 Å². The Labute approximate surface area is 130 Å². The van der Waals surface area contributed by atoms with Gasteiger partial charge in [-0.1, -0.05) is 49.1 Å². The van der Waals surface area contributed by atoms with Crippen molar-refractivity contribution in [2.45, 2.75) is 50.2 Å². The van der Waals surface area contributed by atoms with E-state index in [2.05, 4.69) is 5.32 Å². The normalized spacial score (nSPS) is 19.0.